The lowest BCUT2D eigenvalue weighted by Crippen LogP contribution is -2.24. The number of rotatable bonds is 13. The molecule has 0 aromatic carbocycles. The zero-order valence-corrected chi connectivity index (χ0v) is 14.7. The van der Waals surface area contributed by atoms with Crippen LogP contribution in [-0.2, 0) is 4.74 Å². The van der Waals surface area contributed by atoms with Crippen molar-refractivity contribution in [2.75, 3.05) is 12.5 Å². The van der Waals surface area contributed by atoms with Crippen LogP contribution in [0, 0.1) is 11.8 Å². The molecule has 0 heterocycles. The smallest absolute Gasteiger partial charge is 0.0908 e. The number of alkyl halides is 1. The Bertz CT molecular complexity index is 209. The van der Waals surface area contributed by atoms with Gasteiger partial charge in [0.15, 0.2) is 0 Å². The second-order valence-electron chi connectivity index (χ2n) is 6.39. The molecule has 0 aliphatic rings. The molecule has 0 saturated heterocycles. The Kier molecular flexibility index (Phi) is 13.0. The zero-order chi connectivity index (χ0) is 15.4. The van der Waals surface area contributed by atoms with Crippen molar-refractivity contribution in [1.29, 1.82) is 0 Å². The lowest BCUT2D eigenvalue weighted by molar-refractivity contribution is -0.0164. The van der Waals surface area contributed by atoms with Gasteiger partial charge in [-0.05, 0) is 31.1 Å². The van der Waals surface area contributed by atoms with Crippen LogP contribution in [0.15, 0.2) is 0 Å². The van der Waals surface area contributed by atoms with E-state index >= 15 is 0 Å². The standard InChI is InChI=1S/C17H35ClO2/c1-5-7-8-15(6-2)9-10-17(11-14(3)4)20-13-16(19)12-18/h14-17,19H,5-13H2,1-4H3/t15-,16-,17-/m0/s1. The summed E-state index contributed by atoms with van der Waals surface area (Å²) in [5.41, 5.74) is 0. The van der Waals surface area contributed by atoms with E-state index in [1.165, 1.54) is 32.1 Å². The SMILES string of the molecule is CCCC[C@H](CC)CC[C@@H](CC(C)C)OC[C@@H](O)CCl. The first-order valence-electron chi connectivity index (χ1n) is 8.38. The first-order chi connectivity index (χ1) is 9.53. The summed E-state index contributed by atoms with van der Waals surface area (Å²) in [4.78, 5) is 0. The molecular formula is C17H35ClO2. The van der Waals surface area contributed by atoms with E-state index < -0.39 is 6.10 Å². The maximum absolute atomic E-state index is 9.52. The van der Waals surface area contributed by atoms with E-state index in [-0.39, 0.29) is 12.0 Å². The van der Waals surface area contributed by atoms with Gasteiger partial charge in [-0.3, -0.25) is 0 Å². The molecule has 0 amide bonds. The Morgan fingerprint density at radius 1 is 1.10 bits per heavy atom. The summed E-state index contributed by atoms with van der Waals surface area (Å²) in [5, 5.41) is 9.52. The summed E-state index contributed by atoms with van der Waals surface area (Å²) in [6.07, 6.45) is 8.37. The third-order valence-electron chi connectivity index (χ3n) is 3.88. The molecule has 0 fully saturated rings. The number of hydrogen-bond acceptors (Lipinski definition) is 2. The number of ether oxygens (including phenoxy) is 1. The van der Waals surface area contributed by atoms with Crippen molar-refractivity contribution in [3.63, 3.8) is 0 Å². The Morgan fingerprint density at radius 2 is 1.80 bits per heavy atom. The highest BCUT2D eigenvalue weighted by atomic mass is 35.5. The molecule has 122 valence electrons. The van der Waals surface area contributed by atoms with Crippen LogP contribution in [0.2, 0.25) is 0 Å². The van der Waals surface area contributed by atoms with Crippen LogP contribution in [0.4, 0.5) is 0 Å². The number of aliphatic hydroxyl groups is 1. The zero-order valence-electron chi connectivity index (χ0n) is 13.9. The fraction of sp³-hybridized carbons (Fsp3) is 1.00. The second-order valence-corrected chi connectivity index (χ2v) is 6.70. The topological polar surface area (TPSA) is 29.5 Å². The van der Waals surface area contributed by atoms with Gasteiger partial charge < -0.3 is 9.84 Å². The van der Waals surface area contributed by atoms with Gasteiger partial charge in [-0.2, -0.15) is 0 Å². The van der Waals surface area contributed by atoms with Crippen molar-refractivity contribution in [2.45, 2.75) is 84.8 Å². The van der Waals surface area contributed by atoms with Gasteiger partial charge >= 0.3 is 0 Å². The molecule has 0 rings (SSSR count). The molecule has 0 radical (unpaired) electrons. The predicted octanol–water partition coefficient (Wildman–Crippen LogP) is 5.01. The van der Waals surface area contributed by atoms with Gasteiger partial charge in [0, 0.05) is 0 Å². The molecule has 0 aromatic heterocycles. The van der Waals surface area contributed by atoms with Gasteiger partial charge in [0.05, 0.1) is 24.7 Å². The van der Waals surface area contributed by atoms with Crippen LogP contribution in [0.3, 0.4) is 0 Å². The average molecular weight is 307 g/mol. The van der Waals surface area contributed by atoms with E-state index in [4.69, 9.17) is 16.3 Å². The highest BCUT2D eigenvalue weighted by molar-refractivity contribution is 6.18. The Balaban J connectivity index is 4.12. The van der Waals surface area contributed by atoms with Crippen LogP contribution in [0.1, 0.15) is 72.6 Å². The number of aliphatic hydroxyl groups excluding tert-OH is 1. The molecule has 0 aliphatic carbocycles. The summed E-state index contributed by atoms with van der Waals surface area (Å²) >= 11 is 5.62. The fourth-order valence-corrected chi connectivity index (χ4v) is 2.64. The maximum Gasteiger partial charge on any atom is 0.0908 e. The highest BCUT2D eigenvalue weighted by Gasteiger charge is 2.16. The summed E-state index contributed by atoms with van der Waals surface area (Å²) < 4.78 is 5.87. The largest absolute Gasteiger partial charge is 0.389 e. The van der Waals surface area contributed by atoms with Crippen molar-refractivity contribution >= 4 is 11.6 Å². The molecule has 3 heteroatoms. The number of hydrogen-bond donors (Lipinski definition) is 1. The van der Waals surface area contributed by atoms with Crippen molar-refractivity contribution in [2.24, 2.45) is 11.8 Å². The van der Waals surface area contributed by atoms with Gasteiger partial charge in [0.1, 0.15) is 0 Å². The van der Waals surface area contributed by atoms with Gasteiger partial charge in [0.25, 0.3) is 0 Å². The van der Waals surface area contributed by atoms with E-state index in [9.17, 15) is 5.11 Å². The van der Waals surface area contributed by atoms with Crippen molar-refractivity contribution in [1.82, 2.24) is 0 Å². The minimum absolute atomic E-state index is 0.252. The van der Waals surface area contributed by atoms with Crippen LogP contribution < -0.4 is 0 Å². The molecule has 2 nitrogen and oxygen atoms in total. The quantitative estimate of drug-likeness (QED) is 0.484. The highest BCUT2D eigenvalue weighted by Crippen LogP contribution is 2.22. The van der Waals surface area contributed by atoms with E-state index in [1.54, 1.807) is 0 Å². The Hall–Kier alpha value is 0.210. The molecular weight excluding hydrogens is 272 g/mol. The van der Waals surface area contributed by atoms with E-state index in [0.717, 1.165) is 18.8 Å². The van der Waals surface area contributed by atoms with Crippen LogP contribution in [-0.4, -0.2) is 29.8 Å². The van der Waals surface area contributed by atoms with Crippen LogP contribution in [0.5, 0.6) is 0 Å². The third kappa shape index (κ3) is 10.9. The summed E-state index contributed by atoms with van der Waals surface area (Å²) in [7, 11) is 0. The summed E-state index contributed by atoms with van der Waals surface area (Å²) in [6, 6.07) is 0. The lowest BCUT2D eigenvalue weighted by atomic mass is 9.91. The average Bonchev–Trinajstić information content (AvgIpc) is 2.43. The van der Waals surface area contributed by atoms with Gasteiger partial charge in [-0.15, -0.1) is 11.6 Å². The van der Waals surface area contributed by atoms with E-state index in [1.807, 2.05) is 0 Å². The number of unbranched alkanes of at least 4 members (excludes halogenated alkanes) is 1. The van der Waals surface area contributed by atoms with Crippen molar-refractivity contribution < 1.29 is 9.84 Å². The van der Waals surface area contributed by atoms with Gasteiger partial charge in [-0.1, -0.05) is 53.4 Å². The minimum atomic E-state index is -0.534. The Labute approximate surface area is 131 Å². The first kappa shape index (κ1) is 20.2. The maximum atomic E-state index is 9.52. The Morgan fingerprint density at radius 3 is 2.30 bits per heavy atom. The third-order valence-corrected chi connectivity index (χ3v) is 4.23. The molecule has 1 N–H and O–H groups in total. The van der Waals surface area contributed by atoms with Gasteiger partial charge in [0.2, 0.25) is 0 Å². The predicted molar refractivity (Wildman–Crippen MR) is 88.5 cm³/mol. The molecule has 0 unspecified atom stereocenters. The lowest BCUT2D eigenvalue weighted by Gasteiger charge is -2.23. The molecule has 0 bridgehead atoms. The monoisotopic (exact) mass is 306 g/mol. The molecule has 0 saturated carbocycles. The van der Waals surface area contributed by atoms with E-state index in [2.05, 4.69) is 27.7 Å². The van der Waals surface area contributed by atoms with Crippen LogP contribution in [0.25, 0.3) is 0 Å². The normalized spacial score (nSPS) is 16.4. The molecule has 20 heavy (non-hydrogen) atoms. The fourth-order valence-electron chi connectivity index (χ4n) is 2.55. The second kappa shape index (κ2) is 12.9. The minimum Gasteiger partial charge on any atom is -0.389 e. The van der Waals surface area contributed by atoms with Crippen molar-refractivity contribution in [3.8, 4) is 0 Å². The van der Waals surface area contributed by atoms with Crippen LogP contribution >= 0.6 is 11.6 Å². The molecule has 3 atom stereocenters. The molecule has 0 spiro atoms. The number of halogens is 1. The molecule has 0 aromatic rings. The first-order valence-corrected chi connectivity index (χ1v) is 8.92. The van der Waals surface area contributed by atoms with Gasteiger partial charge in [-0.25, -0.2) is 0 Å². The molecule has 0 aliphatic heterocycles. The van der Waals surface area contributed by atoms with Crippen molar-refractivity contribution in [3.05, 3.63) is 0 Å². The summed E-state index contributed by atoms with van der Waals surface area (Å²) in [6.45, 7) is 9.36. The summed E-state index contributed by atoms with van der Waals surface area (Å²) in [5.74, 6) is 1.71. The van der Waals surface area contributed by atoms with E-state index in [0.29, 0.717) is 12.5 Å².